The van der Waals surface area contributed by atoms with Crippen LogP contribution < -0.4 is 0 Å². The van der Waals surface area contributed by atoms with Crippen LogP contribution in [0, 0.1) is 29.1 Å². The third-order valence-corrected chi connectivity index (χ3v) is 5.50. The van der Waals surface area contributed by atoms with Crippen molar-refractivity contribution in [2.75, 3.05) is 0 Å². The van der Waals surface area contributed by atoms with Crippen LogP contribution in [-0.4, -0.2) is 0 Å². The molecule has 4 unspecified atom stereocenters. The molecule has 0 aliphatic rings. The van der Waals surface area contributed by atoms with Gasteiger partial charge in [-0.25, -0.2) is 0 Å². The largest absolute Gasteiger partial charge is 0.0654 e. The Labute approximate surface area is 117 Å². The third kappa shape index (κ3) is 5.76. The minimum absolute atomic E-state index is 0.481. The number of hydrogen-bond donors (Lipinski definition) is 0. The van der Waals surface area contributed by atoms with E-state index in [2.05, 4.69) is 55.4 Å². The van der Waals surface area contributed by atoms with Crippen LogP contribution in [0.3, 0.4) is 0 Å². The molecule has 0 amide bonds. The van der Waals surface area contributed by atoms with E-state index in [0.29, 0.717) is 5.41 Å². The first-order valence-electron chi connectivity index (χ1n) is 8.26. The Morgan fingerprint density at radius 3 is 1.94 bits per heavy atom. The van der Waals surface area contributed by atoms with Crippen molar-refractivity contribution >= 4 is 0 Å². The van der Waals surface area contributed by atoms with Crippen molar-refractivity contribution in [2.24, 2.45) is 29.1 Å². The summed E-state index contributed by atoms with van der Waals surface area (Å²) >= 11 is 0. The second kappa shape index (κ2) is 8.23. The quantitative estimate of drug-likeness (QED) is 0.438. The van der Waals surface area contributed by atoms with Crippen LogP contribution >= 0.6 is 0 Å². The summed E-state index contributed by atoms with van der Waals surface area (Å²) in [5.41, 5.74) is 0.481. The van der Waals surface area contributed by atoms with E-state index in [-0.39, 0.29) is 0 Å². The molecule has 0 heterocycles. The van der Waals surface area contributed by atoms with Crippen molar-refractivity contribution in [1.29, 1.82) is 0 Å². The Hall–Kier alpha value is 0. The van der Waals surface area contributed by atoms with Gasteiger partial charge in [0.15, 0.2) is 0 Å². The third-order valence-electron chi connectivity index (χ3n) is 5.50. The van der Waals surface area contributed by atoms with Crippen LogP contribution in [0.4, 0.5) is 0 Å². The summed E-state index contributed by atoms with van der Waals surface area (Å²) in [5, 5.41) is 0. The fourth-order valence-electron chi connectivity index (χ4n) is 3.22. The lowest BCUT2D eigenvalue weighted by Gasteiger charge is -2.40. The second-order valence-electron chi connectivity index (χ2n) is 7.47. The predicted octanol–water partition coefficient (Wildman–Crippen LogP) is 6.55. The molecule has 4 atom stereocenters. The van der Waals surface area contributed by atoms with Gasteiger partial charge in [0.05, 0.1) is 0 Å². The summed E-state index contributed by atoms with van der Waals surface area (Å²) in [7, 11) is 0. The molecule has 0 radical (unpaired) electrons. The number of rotatable bonds is 9. The van der Waals surface area contributed by atoms with Gasteiger partial charge in [-0.15, -0.1) is 0 Å². The average Bonchev–Trinajstić information content (AvgIpc) is 2.33. The van der Waals surface area contributed by atoms with E-state index in [1.807, 2.05) is 0 Å². The monoisotopic (exact) mass is 254 g/mol. The molecule has 0 aliphatic carbocycles. The molecule has 0 fully saturated rings. The molecule has 110 valence electrons. The minimum Gasteiger partial charge on any atom is -0.0654 e. The molecule has 0 aromatic rings. The lowest BCUT2D eigenvalue weighted by Crippen LogP contribution is -2.31. The summed E-state index contributed by atoms with van der Waals surface area (Å²) in [4.78, 5) is 0. The summed E-state index contributed by atoms with van der Waals surface area (Å²) in [5.74, 6) is 3.39. The van der Waals surface area contributed by atoms with Gasteiger partial charge in [-0.3, -0.25) is 0 Å². The SMILES string of the molecule is CCCCC(C)C(C)C(C)C(C)(C)CC(C)CC. The Kier molecular flexibility index (Phi) is 8.23. The first-order valence-corrected chi connectivity index (χ1v) is 8.26. The lowest BCUT2D eigenvalue weighted by molar-refractivity contribution is 0.0977. The Morgan fingerprint density at radius 1 is 0.944 bits per heavy atom. The van der Waals surface area contributed by atoms with Crippen LogP contribution in [0.2, 0.25) is 0 Å². The molecule has 0 saturated carbocycles. The van der Waals surface area contributed by atoms with E-state index < -0.39 is 0 Å². The smallest absolute Gasteiger partial charge is 0.0323 e. The van der Waals surface area contributed by atoms with Gasteiger partial charge >= 0.3 is 0 Å². The molecule has 0 heteroatoms. The van der Waals surface area contributed by atoms with Gasteiger partial charge in [-0.1, -0.05) is 81.1 Å². The summed E-state index contributed by atoms with van der Waals surface area (Å²) < 4.78 is 0. The van der Waals surface area contributed by atoms with Crippen molar-refractivity contribution in [1.82, 2.24) is 0 Å². The molecule has 0 aliphatic heterocycles. The topological polar surface area (TPSA) is 0 Å². The van der Waals surface area contributed by atoms with E-state index in [1.165, 1.54) is 32.1 Å². The maximum Gasteiger partial charge on any atom is -0.0323 e. The van der Waals surface area contributed by atoms with Gasteiger partial charge in [0.1, 0.15) is 0 Å². The fraction of sp³-hybridized carbons (Fsp3) is 1.00. The summed E-state index contributed by atoms with van der Waals surface area (Å²) in [6, 6.07) is 0. The van der Waals surface area contributed by atoms with Gasteiger partial charge in [0, 0.05) is 0 Å². The van der Waals surface area contributed by atoms with Crippen LogP contribution in [-0.2, 0) is 0 Å². The number of unbranched alkanes of at least 4 members (excludes halogenated alkanes) is 1. The molecule has 0 nitrogen and oxygen atoms in total. The predicted molar refractivity (Wildman–Crippen MR) is 84.9 cm³/mol. The highest BCUT2D eigenvalue weighted by Crippen LogP contribution is 2.41. The summed E-state index contributed by atoms with van der Waals surface area (Å²) in [6.07, 6.45) is 6.82. The van der Waals surface area contributed by atoms with Crippen LogP contribution in [0.5, 0.6) is 0 Å². The zero-order valence-corrected chi connectivity index (χ0v) is 14.3. The highest BCUT2D eigenvalue weighted by molar-refractivity contribution is 4.82. The summed E-state index contributed by atoms with van der Waals surface area (Å²) in [6.45, 7) is 19.4. The number of hydrogen-bond acceptors (Lipinski definition) is 0. The molecule has 0 saturated heterocycles. The molecule has 0 bridgehead atoms. The molecular weight excluding hydrogens is 216 g/mol. The Morgan fingerprint density at radius 2 is 1.50 bits per heavy atom. The Balaban J connectivity index is 4.45. The molecule has 0 rings (SSSR count). The molecule has 0 aromatic carbocycles. The molecular formula is C18H38. The molecule has 0 N–H and O–H groups in total. The molecule has 18 heavy (non-hydrogen) atoms. The highest BCUT2D eigenvalue weighted by Gasteiger charge is 2.32. The zero-order chi connectivity index (χ0) is 14.3. The average molecular weight is 255 g/mol. The fourth-order valence-corrected chi connectivity index (χ4v) is 3.22. The van der Waals surface area contributed by atoms with Gasteiger partial charge < -0.3 is 0 Å². The van der Waals surface area contributed by atoms with Crippen molar-refractivity contribution in [2.45, 2.75) is 87.5 Å². The van der Waals surface area contributed by atoms with E-state index in [0.717, 1.165) is 23.7 Å². The normalized spacial score (nSPS) is 19.3. The zero-order valence-electron chi connectivity index (χ0n) is 14.3. The first-order chi connectivity index (χ1) is 8.26. The minimum atomic E-state index is 0.481. The van der Waals surface area contributed by atoms with Gasteiger partial charge in [-0.2, -0.15) is 0 Å². The standard InChI is InChI=1S/C18H38/c1-9-11-12-15(4)16(5)17(6)18(7,8)13-14(3)10-2/h14-17H,9-13H2,1-8H3. The van der Waals surface area contributed by atoms with Crippen molar-refractivity contribution in [3.05, 3.63) is 0 Å². The lowest BCUT2D eigenvalue weighted by atomic mass is 9.65. The Bertz CT molecular complexity index is 204. The van der Waals surface area contributed by atoms with E-state index in [4.69, 9.17) is 0 Å². The van der Waals surface area contributed by atoms with E-state index in [9.17, 15) is 0 Å². The molecule has 0 aromatic heterocycles. The van der Waals surface area contributed by atoms with Crippen LogP contribution in [0.15, 0.2) is 0 Å². The van der Waals surface area contributed by atoms with E-state index >= 15 is 0 Å². The van der Waals surface area contributed by atoms with Crippen molar-refractivity contribution in [3.8, 4) is 0 Å². The maximum absolute atomic E-state index is 2.48. The van der Waals surface area contributed by atoms with Crippen LogP contribution in [0.25, 0.3) is 0 Å². The van der Waals surface area contributed by atoms with Gasteiger partial charge in [0.25, 0.3) is 0 Å². The van der Waals surface area contributed by atoms with E-state index in [1.54, 1.807) is 0 Å². The second-order valence-corrected chi connectivity index (χ2v) is 7.47. The van der Waals surface area contributed by atoms with Crippen LogP contribution in [0.1, 0.15) is 87.5 Å². The first kappa shape index (κ1) is 18.0. The van der Waals surface area contributed by atoms with Crippen molar-refractivity contribution in [3.63, 3.8) is 0 Å². The van der Waals surface area contributed by atoms with Gasteiger partial charge in [-0.05, 0) is 35.5 Å². The maximum atomic E-state index is 2.48. The molecule has 0 spiro atoms. The highest BCUT2D eigenvalue weighted by atomic mass is 14.4. The van der Waals surface area contributed by atoms with Gasteiger partial charge in [0.2, 0.25) is 0 Å². The van der Waals surface area contributed by atoms with Crippen molar-refractivity contribution < 1.29 is 0 Å².